The van der Waals surface area contributed by atoms with Crippen molar-refractivity contribution >= 4 is 18.0 Å². The minimum Gasteiger partial charge on any atom is -0.310 e. The summed E-state index contributed by atoms with van der Waals surface area (Å²) in [4.78, 5) is 0. The largest absolute Gasteiger partial charge is 0.310 e. The van der Waals surface area contributed by atoms with E-state index in [1.54, 1.807) is 11.1 Å². The second-order valence-electron chi connectivity index (χ2n) is 10.0. The Balaban J connectivity index is 0.00000243. The van der Waals surface area contributed by atoms with Crippen LogP contribution in [0.2, 0.25) is 0 Å². The molecule has 0 spiro atoms. The van der Waals surface area contributed by atoms with Crippen LogP contribution in [0.25, 0.3) is 5.57 Å². The predicted octanol–water partition coefficient (Wildman–Crippen LogP) is 6.97. The highest BCUT2D eigenvalue weighted by Gasteiger charge is 2.39. The lowest BCUT2D eigenvalue weighted by atomic mass is 9.59. The Hall–Kier alpha value is -0.790. The van der Waals surface area contributed by atoms with Crippen LogP contribution >= 0.6 is 12.4 Å². The number of rotatable bonds is 4. The third-order valence-corrected chi connectivity index (χ3v) is 6.16. The zero-order valence-electron chi connectivity index (χ0n) is 17.4. The molecule has 1 N–H and O–H groups in total. The van der Waals surface area contributed by atoms with Gasteiger partial charge in [0.2, 0.25) is 0 Å². The van der Waals surface area contributed by atoms with Gasteiger partial charge in [-0.2, -0.15) is 0 Å². The average Bonchev–Trinajstić information content (AvgIpc) is 2.52. The van der Waals surface area contributed by atoms with Crippen molar-refractivity contribution in [1.29, 1.82) is 0 Å². The third kappa shape index (κ3) is 5.14. The van der Waals surface area contributed by atoms with Crippen molar-refractivity contribution in [2.24, 2.45) is 10.8 Å². The Morgan fingerprint density at radius 1 is 1.04 bits per heavy atom. The normalized spacial score (nSPS) is 25.3. The van der Waals surface area contributed by atoms with Crippen molar-refractivity contribution in [3.05, 3.63) is 41.5 Å². The van der Waals surface area contributed by atoms with Crippen LogP contribution in [0.1, 0.15) is 90.2 Å². The van der Waals surface area contributed by atoms with Gasteiger partial charge in [0.1, 0.15) is 0 Å². The van der Waals surface area contributed by atoms with Crippen molar-refractivity contribution in [1.82, 2.24) is 5.32 Å². The molecule has 0 amide bonds. The molecule has 1 heterocycles. The zero-order valence-corrected chi connectivity index (χ0v) is 18.2. The number of halogens is 1. The maximum absolute atomic E-state index is 3.67. The van der Waals surface area contributed by atoms with Crippen molar-refractivity contribution in [2.75, 3.05) is 6.54 Å². The lowest BCUT2D eigenvalue weighted by molar-refractivity contribution is 0.0968. The van der Waals surface area contributed by atoms with E-state index in [2.05, 4.69) is 70.3 Å². The quantitative estimate of drug-likeness (QED) is 0.598. The van der Waals surface area contributed by atoms with Crippen molar-refractivity contribution in [2.45, 2.75) is 85.1 Å². The van der Waals surface area contributed by atoms with Gasteiger partial charge in [0.25, 0.3) is 0 Å². The van der Waals surface area contributed by atoms with Crippen LogP contribution in [0.4, 0.5) is 0 Å². The number of benzene rings is 1. The lowest BCUT2D eigenvalue weighted by Gasteiger charge is -2.45. The molecule has 1 aliphatic heterocycles. The molecule has 0 radical (unpaired) electrons. The van der Waals surface area contributed by atoms with Gasteiger partial charge in [0.05, 0.1) is 0 Å². The molecular weight excluding hydrogens is 338 g/mol. The van der Waals surface area contributed by atoms with E-state index in [1.807, 2.05) is 0 Å². The Bertz CT molecular complexity index is 613. The summed E-state index contributed by atoms with van der Waals surface area (Å²) in [7, 11) is 0. The van der Waals surface area contributed by atoms with Gasteiger partial charge in [0.15, 0.2) is 0 Å². The van der Waals surface area contributed by atoms with E-state index in [-0.39, 0.29) is 12.4 Å². The SMILES string of the molecule is CCCC1CC(c2ccccc2C2CC(C)(C)CC(C)(C)C2)=CCN1.Cl. The Morgan fingerprint density at radius 2 is 1.69 bits per heavy atom. The summed E-state index contributed by atoms with van der Waals surface area (Å²) in [5, 5.41) is 3.67. The van der Waals surface area contributed by atoms with Crippen molar-refractivity contribution < 1.29 is 0 Å². The van der Waals surface area contributed by atoms with E-state index in [1.165, 1.54) is 44.1 Å². The van der Waals surface area contributed by atoms with Gasteiger partial charge in [-0.25, -0.2) is 0 Å². The summed E-state index contributed by atoms with van der Waals surface area (Å²) in [6, 6.07) is 9.92. The molecular formula is C24H38ClN. The molecule has 1 aromatic rings. The topological polar surface area (TPSA) is 12.0 Å². The molecule has 3 rings (SSSR count). The number of nitrogens with one attached hydrogen (secondary N) is 1. The van der Waals surface area contributed by atoms with E-state index >= 15 is 0 Å². The monoisotopic (exact) mass is 375 g/mol. The Labute approximate surface area is 167 Å². The molecule has 2 heteroatoms. The van der Waals surface area contributed by atoms with E-state index < -0.39 is 0 Å². The summed E-state index contributed by atoms with van der Waals surface area (Å²) in [6.07, 6.45) is 10.1. The van der Waals surface area contributed by atoms with Crippen LogP contribution in [0.3, 0.4) is 0 Å². The standard InChI is InChI=1S/C24H37N.ClH/c1-6-9-20-14-18(12-13-25-20)21-10-7-8-11-22(21)19-15-23(2,3)17-24(4,5)16-19;/h7-8,10-12,19-20,25H,6,9,13-17H2,1-5H3;1H. The molecule has 1 atom stereocenters. The fourth-order valence-electron chi connectivity index (χ4n) is 5.75. The minimum absolute atomic E-state index is 0. The van der Waals surface area contributed by atoms with Gasteiger partial charge < -0.3 is 5.32 Å². The van der Waals surface area contributed by atoms with E-state index in [0.29, 0.717) is 22.8 Å². The molecule has 146 valence electrons. The smallest absolute Gasteiger partial charge is 0.0143 e. The Kier molecular flexibility index (Phi) is 7.02. The first kappa shape index (κ1) is 21.5. The van der Waals surface area contributed by atoms with E-state index in [0.717, 1.165) is 6.54 Å². The molecule has 0 saturated heterocycles. The van der Waals surface area contributed by atoms with E-state index in [9.17, 15) is 0 Å². The molecule has 0 bridgehead atoms. The van der Waals surface area contributed by atoms with Crippen molar-refractivity contribution in [3.8, 4) is 0 Å². The second-order valence-corrected chi connectivity index (χ2v) is 10.0. The van der Waals surface area contributed by atoms with Gasteiger partial charge in [-0.15, -0.1) is 12.4 Å². The van der Waals surface area contributed by atoms with Crippen LogP contribution in [0, 0.1) is 10.8 Å². The fraction of sp³-hybridized carbons (Fsp3) is 0.667. The zero-order chi connectivity index (χ0) is 18.1. The van der Waals surface area contributed by atoms with Crippen LogP contribution in [-0.2, 0) is 0 Å². The molecule has 0 aromatic heterocycles. The van der Waals surface area contributed by atoms with Crippen molar-refractivity contribution in [3.63, 3.8) is 0 Å². The highest BCUT2D eigenvalue weighted by Crippen LogP contribution is 2.52. The molecule has 1 aromatic carbocycles. The summed E-state index contributed by atoms with van der Waals surface area (Å²) in [5.74, 6) is 0.690. The van der Waals surface area contributed by atoms with Gasteiger partial charge in [0, 0.05) is 12.6 Å². The molecule has 26 heavy (non-hydrogen) atoms. The highest BCUT2D eigenvalue weighted by atomic mass is 35.5. The van der Waals surface area contributed by atoms with Crippen LogP contribution in [-0.4, -0.2) is 12.6 Å². The maximum Gasteiger partial charge on any atom is 0.0143 e. The average molecular weight is 376 g/mol. The maximum atomic E-state index is 3.67. The van der Waals surface area contributed by atoms with Gasteiger partial charge >= 0.3 is 0 Å². The number of hydrogen-bond acceptors (Lipinski definition) is 1. The van der Waals surface area contributed by atoms with Crippen LogP contribution < -0.4 is 5.32 Å². The fourth-order valence-corrected chi connectivity index (χ4v) is 5.75. The van der Waals surface area contributed by atoms with Crippen LogP contribution in [0.5, 0.6) is 0 Å². The summed E-state index contributed by atoms with van der Waals surface area (Å²) < 4.78 is 0. The summed E-state index contributed by atoms with van der Waals surface area (Å²) in [6.45, 7) is 13.2. The van der Waals surface area contributed by atoms with E-state index in [4.69, 9.17) is 0 Å². The molecule has 2 aliphatic rings. The lowest BCUT2D eigenvalue weighted by Crippen LogP contribution is -2.34. The minimum atomic E-state index is 0. The summed E-state index contributed by atoms with van der Waals surface area (Å²) >= 11 is 0. The van der Waals surface area contributed by atoms with Crippen LogP contribution in [0.15, 0.2) is 30.3 Å². The number of hydrogen-bond donors (Lipinski definition) is 1. The first-order valence-electron chi connectivity index (χ1n) is 10.3. The third-order valence-electron chi connectivity index (χ3n) is 6.16. The second kappa shape index (κ2) is 8.48. The predicted molar refractivity (Wildman–Crippen MR) is 117 cm³/mol. The molecule has 1 fully saturated rings. The Morgan fingerprint density at radius 3 is 2.35 bits per heavy atom. The molecule has 1 unspecified atom stereocenters. The molecule has 1 aliphatic carbocycles. The van der Waals surface area contributed by atoms with Gasteiger partial charge in [-0.3, -0.25) is 0 Å². The summed E-state index contributed by atoms with van der Waals surface area (Å²) in [5.41, 5.74) is 5.59. The molecule has 1 nitrogen and oxygen atoms in total. The highest BCUT2D eigenvalue weighted by molar-refractivity contribution is 5.85. The van der Waals surface area contributed by atoms with Gasteiger partial charge in [-0.05, 0) is 65.6 Å². The first-order valence-corrected chi connectivity index (χ1v) is 10.3. The van der Waals surface area contributed by atoms with Gasteiger partial charge in [-0.1, -0.05) is 71.4 Å². The first-order chi connectivity index (χ1) is 11.8. The molecule has 1 saturated carbocycles.